The summed E-state index contributed by atoms with van der Waals surface area (Å²) in [5, 5.41) is 11.4. The van der Waals surface area contributed by atoms with Crippen LogP contribution in [0.5, 0.6) is 0 Å². The van der Waals surface area contributed by atoms with Crippen LogP contribution in [0.4, 0.5) is 5.95 Å². The molecule has 0 radical (unpaired) electrons. The van der Waals surface area contributed by atoms with E-state index in [1.54, 1.807) is 11.8 Å². The molecule has 0 aliphatic rings. The Bertz CT molecular complexity index is 268. The van der Waals surface area contributed by atoms with Crippen LogP contribution in [0.1, 0.15) is 6.42 Å². The van der Waals surface area contributed by atoms with E-state index in [4.69, 9.17) is 10.5 Å². The first-order valence-electron chi connectivity index (χ1n) is 4.96. The number of methoxy groups -OCH3 is 1. The number of hydrogen-bond acceptors (Lipinski definition) is 6. The molecule has 0 saturated carbocycles. The summed E-state index contributed by atoms with van der Waals surface area (Å²) in [5.41, 5.74) is 5.48. The minimum atomic E-state index is 0.650. The number of hydrogen-bond donors (Lipinski definition) is 1. The van der Waals surface area contributed by atoms with E-state index >= 15 is 0 Å². The van der Waals surface area contributed by atoms with Gasteiger partial charge in [-0.15, -0.1) is 0 Å². The lowest BCUT2D eigenvalue weighted by molar-refractivity contribution is 0.204. The van der Waals surface area contributed by atoms with E-state index in [-0.39, 0.29) is 0 Å². The van der Waals surface area contributed by atoms with Crippen molar-refractivity contribution in [2.24, 2.45) is 12.8 Å². The van der Waals surface area contributed by atoms with E-state index in [1.165, 1.54) is 0 Å². The van der Waals surface area contributed by atoms with Gasteiger partial charge in [0.25, 0.3) is 0 Å². The molecule has 0 unspecified atom stereocenters. The lowest BCUT2D eigenvalue weighted by atomic mass is 10.4. The Morgan fingerprint density at radius 2 is 2.27 bits per heavy atom. The minimum absolute atomic E-state index is 0.650. The highest BCUT2D eigenvalue weighted by molar-refractivity contribution is 5.27. The maximum absolute atomic E-state index is 5.48. The average Bonchev–Trinajstić information content (AvgIpc) is 2.65. The lowest BCUT2D eigenvalue weighted by Gasteiger charge is -2.21. The van der Waals surface area contributed by atoms with Gasteiger partial charge in [-0.2, -0.15) is 0 Å². The Labute approximate surface area is 89.2 Å². The number of ether oxygens (including phenoxy) is 1. The lowest BCUT2D eigenvalue weighted by Crippen LogP contribution is -2.31. The second-order valence-corrected chi connectivity index (χ2v) is 3.22. The van der Waals surface area contributed by atoms with Crippen LogP contribution < -0.4 is 10.6 Å². The van der Waals surface area contributed by atoms with Crippen LogP contribution in [0.25, 0.3) is 0 Å². The Kier molecular flexibility index (Phi) is 4.99. The van der Waals surface area contributed by atoms with E-state index < -0.39 is 0 Å². The van der Waals surface area contributed by atoms with Crippen molar-refractivity contribution >= 4 is 5.95 Å². The molecule has 0 aromatic carbocycles. The highest BCUT2D eigenvalue weighted by atomic mass is 16.5. The maximum atomic E-state index is 5.48. The molecule has 2 N–H and O–H groups in total. The van der Waals surface area contributed by atoms with Crippen LogP contribution in [-0.4, -0.2) is 53.6 Å². The number of nitrogens with two attached hydrogens (primary N) is 1. The van der Waals surface area contributed by atoms with Gasteiger partial charge in [-0.25, -0.2) is 4.68 Å². The Hall–Kier alpha value is -1.21. The summed E-state index contributed by atoms with van der Waals surface area (Å²) in [6.07, 6.45) is 0.913. The molecule has 7 heteroatoms. The maximum Gasteiger partial charge on any atom is 0.245 e. The third-order valence-corrected chi connectivity index (χ3v) is 2.08. The molecule has 1 aromatic rings. The van der Waals surface area contributed by atoms with Gasteiger partial charge in [0.15, 0.2) is 0 Å². The minimum Gasteiger partial charge on any atom is -0.383 e. The van der Waals surface area contributed by atoms with Crippen LogP contribution in [-0.2, 0) is 11.8 Å². The number of anilines is 1. The van der Waals surface area contributed by atoms with Gasteiger partial charge < -0.3 is 15.4 Å². The van der Waals surface area contributed by atoms with Crippen molar-refractivity contribution in [2.45, 2.75) is 6.42 Å². The summed E-state index contributed by atoms with van der Waals surface area (Å²) in [7, 11) is 3.49. The van der Waals surface area contributed by atoms with E-state index in [2.05, 4.69) is 20.4 Å². The third kappa shape index (κ3) is 3.45. The second-order valence-electron chi connectivity index (χ2n) is 3.22. The molecule has 1 aromatic heterocycles. The predicted octanol–water partition coefficient (Wildman–Crippen LogP) is -0.988. The van der Waals surface area contributed by atoms with E-state index in [0.29, 0.717) is 13.2 Å². The first kappa shape index (κ1) is 11.9. The van der Waals surface area contributed by atoms with Gasteiger partial charge in [-0.3, -0.25) is 0 Å². The topological polar surface area (TPSA) is 82.1 Å². The molecule has 0 atom stereocenters. The zero-order chi connectivity index (χ0) is 11.1. The molecule has 0 bridgehead atoms. The largest absolute Gasteiger partial charge is 0.383 e. The third-order valence-electron chi connectivity index (χ3n) is 2.08. The van der Waals surface area contributed by atoms with Gasteiger partial charge in [-0.1, -0.05) is 5.10 Å². The van der Waals surface area contributed by atoms with Crippen LogP contribution >= 0.6 is 0 Å². The van der Waals surface area contributed by atoms with Crippen LogP contribution in [0.2, 0.25) is 0 Å². The predicted molar refractivity (Wildman–Crippen MR) is 56.6 cm³/mol. The monoisotopic (exact) mass is 214 g/mol. The molecule has 0 aliphatic heterocycles. The summed E-state index contributed by atoms with van der Waals surface area (Å²) < 4.78 is 6.68. The fourth-order valence-electron chi connectivity index (χ4n) is 1.29. The molecular formula is C8H18N6O. The smallest absolute Gasteiger partial charge is 0.245 e. The highest BCUT2D eigenvalue weighted by Gasteiger charge is 2.11. The number of rotatable bonds is 7. The molecule has 0 saturated heterocycles. The molecule has 0 aliphatic carbocycles. The summed E-state index contributed by atoms with van der Waals surface area (Å²) in [6, 6.07) is 0. The van der Waals surface area contributed by atoms with Crippen molar-refractivity contribution < 1.29 is 4.74 Å². The van der Waals surface area contributed by atoms with Crippen molar-refractivity contribution in [3.8, 4) is 0 Å². The van der Waals surface area contributed by atoms with E-state index in [9.17, 15) is 0 Å². The molecule has 1 rings (SSSR count). The summed E-state index contributed by atoms with van der Waals surface area (Å²) in [4.78, 5) is 2.07. The average molecular weight is 214 g/mol. The van der Waals surface area contributed by atoms with Crippen molar-refractivity contribution in [3.63, 3.8) is 0 Å². The van der Waals surface area contributed by atoms with Gasteiger partial charge >= 0.3 is 0 Å². The van der Waals surface area contributed by atoms with Gasteiger partial charge in [0.05, 0.1) is 6.61 Å². The van der Waals surface area contributed by atoms with Crippen LogP contribution in [0.3, 0.4) is 0 Å². The van der Waals surface area contributed by atoms with Crippen molar-refractivity contribution in [1.29, 1.82) is 0 Å². The summed E-state index contributed by atoms with van der Waals surface area (Å²) in [5.74, 6) is 0.750. The quantitative estimate of drug-likeness (QED) is 0.627. The Morgan fingerprint density at radius 1 is 1.47 bits per heavy atom. The molecule has 0 spiro atoms. The fourth-order valence-corrected chi connectivity index (χ4v) is 1.29. The standard InChI is InChI=1S/C8H18N6O/c1-13-8(10-11-12-13)14(5-3-4-9)6-7-15-2/h3-7,9H2,1-2H3. The van der Waals surface area contributed by atoms with Gasteiger partial charge in [-0.05, 0) is 23.4 Å². The van der Waals surface area contributed by atoms with Crippen molar-refractivity contribution in [1.82, 2.24) is 20.2 Å². The van der Waals surface area contributed by atoms with E-state index in [1.807, 2.05) is 7.05 Å². The van der Waals surface area contributed by atoms with Gasteiger partial charge in [0, 0.05) is 27.2 Å². The van der Waals surface area contributed by atoms with E-state index in [0.717, 1.165) is 25.5 Å². The summed E-state index contributed by atoms with van der Waals surface area (Å²) in [6.45, 7) is 2.92. The van der Waals surface area contributed by atoms with Gasteiger partial charge in [0.1, 0.15) is 0 Å². The normalized spacial score (nSPS) is 10.6. The number of aromatic nitrogens is 4. The van der Waals surface area contributed by atoms with Gasteiger partial charge in [0.2, 0.25) is 5.95 Å². The second kappa shape index (κ2) is 6.31. The molecular weight excluding hydrogens is 196 g/mol. The first-order chi connectivity index (χ1) is 7.29. The fraction of sp³-hybridized carbons (Fsp3) is 0.875. The Balaban J connectivity index is 2.58. The van der Waals surface area contributed by atoms with Crippen LogP contribution in [0.15, 0.2) is 0 Å². The summed E-state index contributed by atoms with van der Waals surface area (Å²) >= 11 is 0. The number of tetrazole rings is 1. The first-order valence-corrected chi connectivity index (χ1v) is 4.96. The molecule has 0 amide bonds. The highest BCUT2D eigenvalue weighted by Crippen LogP contribution is 2.06. The van der Waals surface area contributed by atoms with Crippen molar-refractivity contribution in [2.75, 3.05) is 38.3 Å². The molecule has 7 nitrogen and oxygen atoms in total. The molecule has 0 fully saturated rings. The molecule has 15 heavy (non-hydrogen) atoms. The Morgan fingerprint density at radius 3 is 2.80 bits per heavy atom. The van der Waals surface area contributed by atoms with Crippen LogP contribution in [0, 0.1) is 0 Å². The zero-order valence-electron chi connectivity index (χ0n) is 9.26. The molecule has 86 valence electrons. The molecule has 1 heterocycles. The zero-order valence-corrected chi connectivity index (χ0v) is 9.26. The SMILES string of the molecule is COCCN(CCCN)c1nnnn1C. The number of nitrogens with zero attached hydrogens (tertiary/aromatic N) is 5. The van der Waals surface area contributed by atoms with Crippen molar-refractivity contribution in [3.05, 3.63) is 0 Å². The number of aryl methyl sites for hydroxylation is 1.